The lowest BCUT2D eigenvalue weighted by Gasteiger charge is -2.23. The number of hydrogen-bond donors (Lipinski definition) is 1. The second kappa shape index (κ2) is 5.22. The minimum atomic E-state index is -1.21. The van der Waals surface area contributed by atoms with E-state index in [9.17, 15) is 9.59 Å². The molecule has 3 rings (SSSR count). The maximum Gasteiger partial charge on any atom is 0.326 e. The first-order valence-electron chi connectivity index (χ1n) is 6.97. The Kier molecular flexibility index (Phi) is 3.37. The molecule has 22 heavy (non-hydrogen) atoms. The minimum Gasteiger partial charge on any atom is -0.490 e. The molecule has 1 unspecified atom stereocenters. The predicted molar refractivity (Wildman–Crippen MR) is 75.3 cm³/mol. The molecule has 114 valence electrons. The molecule has 7 heteroatoms. The van der Waals surface area contributed by atoms with Gasteiger partial charge in [0.1, 0.15) is 12.1 Å². The van der Waals surface area contributed by atoms with Crippen LogP contribution in [-0.4, -0.2) is 36.6 Å². The lowest BCUT2D eigenvalue weighted by molar-refractivity contribution is -0.130. The molecule has 1 atom stereocenters. The number of nitrogens with zero attached hydrogens (tertiary/aromatic N) is 2. The van der Waals surface area contributed by atoms with Crippen molar-refractivity contribution in [3.05, 3.63) is 23.8 Å². The van der Waals surface area contributed by atoms with Crippen molar-refractivity contribution < 1.29 is 19.1 Å². The lowest BCUT2D eigenvalue weighted by Crippen LogP contribution is -2.40. The molecule has 1 aromatic carbocycles. The van der Waals surface area contributed by atoms with E-state index in [4.69, 9.17) is 14.7 Å². The molecule has 1 N–H and O–H groups in total. The highest BCUT2D eigenvalue weighted by Gasteiger charge is 2.49. The van der Waals surface area contributed by atoms with Crippen molar-refractivity contribution in [2.75, 3.05) is 19.8 Å². The maximum absolute atomic E-state index is 12.5. The number of rotatable bonds is 2. The Hall–Kier alpha value is -2.75. The van der Waals surface area contributed by atoms with E-state index in [2.05, 4.69) is 5.32 Å². The van der Waals surface area contributed by atoms with Crippen molar-refractivity contribution in [2.45, 2.75) is 18.9 Å². The zero-order valence-electron chi connectivity index (χ0n) is 12.1. The molecule has 0 saturated carbocycles. The quantitative estimate of drug-likeness (QED) is 0.653. The van der Waals surface area contributed by atoms with Crippen LogP contribution in [-0.2, 0) is 10.3 Å². The van der Waals surface area contributed by atoms with Crippen molar-refractivity contribution in [1.82, 2.24) is 10.2 Å². The molecule has 1 saturated heterocycles. The molecular weight excluding hydrogens is 286 g/mol. The molecule has 0 spiro atoms. The standard InChI is InChI=1S/C15H15N3O4/c1-15(13(19)18(6-5-16)14(20)17-15)10-3-4-11-12(9-10)22-8-2-7-21-11/h3-4,9H,2,6-8H2,1H3,(H,17,20). The zero-order chi connectivity index (χ0) is 15.7. The van der Waals surface area contributed by atoms with Crippen LogP contribution in [0.15, 0.2) is 18.2 Å². The highest BCUT2D eigenvalue weighted by molar-refractivity contribution is 6.07. The topological polar surface area (TPSA) is 91.7 Å². The van der Waals surface area contributed by atoms with Crippen molar-refractivity contribution in [1.29, 1.82) is 5.26 Å². The second-order valence-electron chi connectivity index (χ2n) is 5.32. The van der Waals surface area contributed by atoms with E-state index >= 15 is 0 Å². The summed E-state index contributed by atoms with van der Waals surface area (Å²) in [5.74, 6) is 0.723. The number of imide groups is 1. The fraction of sp³-hybridized carbons (Fsp3) is 0.400. The first-order chi connectivity index (χ1) is 10.6. The van der Waals surface area contributed by atoms with Crippen LogP contribution >= 0.6 is 0 Å². The third-order valence-corrected chi connectivity index (χ3v) is 3.83. The van der Waals surface area contributed by atoms with Crippen molar-refractivity contribution in [3.8, 4) is 17.6 Å². The number of carbonyl (C=O) groups excluding carboxylic acids is 2. The van der Waals surface area contributed by atoms with Gasteiger partial charge in [-0.05, 0) is 24.6 Å². The molecule has 2 aliphatic heterocycles. The van der Waals surface area contributed by atoms with Crippen molar-refractivity contribution in [3.63, 3.8) is 0 Å². The number of carbonyl (C=O) groups is 2. The Morgan fingerprint density at radius 2 is 2.05 bits per heavy atom. The van der Waals surface area contributed by atoms with Crippen LogP contribution in [0.5, 0.6) is 11.5 Å². The van der Waals surface area contributed by atoms with Crippen LogP contribution in [0.1, 0.15) is 18.9 Å². The zero-order valence-corrected chi connectivity index (χ0v) is 12.1. The molecule has 7 nitrogen and oxygen atoms in total. The van der Waals surface area contributed by atoms with Gasteiger partial charge in [0.2, 0.25) is 0 Å². The molecule has 1 fully saturated rings. The number of ether oxygens (including phenoxy) is 2. The number of nitriles is 1. The highest BCUT2D eigenvalue weighted by Crippen LogP contribution is 2.36. The fourth-order valence-corrected chi connectivity index (χ4v) is 2.58. The van der Waals surface area contributed by atoms with Crippen molar-refractivity contribution in [2.24, 2.45) is 0 Å². The van der Waals surface area contributed by atoms with Gasteiger partial charge in [0.05, 0.1) is 19.3 Å². The SMILES string of the molecule is CC1(c2ccc3c(c2)OCCCO3)NC(=O)N(CC#N)C1=O. The molecular formula is C15H15N3O4. The Bertz CT molecular complexity index is 682. The van der Waals surface area contributed by atoms with Gasteiger partial charge in [-0.3, -0.25) is 4.79 Å². The van der Waals surface area contributed by atoms with E-state index in [-0.39, 0.29) is 6.54 Å². The summed E-state index contributed by atoms with van der Waals surface area (Å²) in [7, 11) is 0. The Morgan fingerprint density at radius 1 is 1.32 bits per heavy atom. The van der Waals surface area contributed by atoms with Gasteiger partial charge in [0.15, 0.2) is 11.5 Å². The molecule has 3 amide bonds. The normalized spacial score (nSPS) is 23.7. The van der Waals surface area contributed by atoms with E-state index in [0.29, 0.717) is 30.3 Å². The molecule has 2 heterocycles. The van der Waals surface area contributed by atoms with Gasteiger partial charge in [0, 0.05) is 6.42 Å². The molecule has 0 aliphatic carbocycles. The summed E-state index contributed by atoms with van der Waals surface area (Å²) in [6.07, 6.45) is 0.785. The molecule has 1 aromatic rings. The van der Waals surface area contributed by atoms with Crippen LogP contribution in [0.25, 0.3) is 0 Å². The van der Waals surface area contributed by atoms with E-state index in [1.807, 2.05) is 6.07 Å². The monoisotopic (exact) mass is 301 g/mol. The summed E-state index contributed by atoms with van der Waals surface area (Å²) in [6, 6.07) is 6.41. The Labute approximate surface area is 127 Å². The maximum atomic E-state index is 12.5. The summed E-state index contributed by atoms with van der Waals surface area (Å²) >= 11 is 0. The third-order valence-electron chi connectivity index (χ3n) is 3.83. The first kappa shape index (κ1) is 14.2. The van der Waals surface area contributed by atoms with Gasteiger partial charge in [-0.15, -0.1) is 0 Å². The predicted octanol–water partition coefficient (Wildman–Crippen LogP) is 1.14. The second-order valence-corrected chi connectivity index (χ2v) is 5.32. The average Bonchev–Trinajstić information content (AvgIpc) is 2.70. The summed E-state index contributed by atoms with van der Waals surface area (Å²) in [5.41, 5.74) is -0.617. The van der Waals surface area contributed by atoms with Crippen LogP contribution in [0, 0.1) is 11.3 Å². The largest absolute Gasteiger partial charge is 0.490 e. The van der Waals surface area contributed by atoms with Crippen LogP contribution < -0.4 is 14.8 Å². The van der Waals surface area contributed by atoms with Gasteiger partial charge < -0.3 is 14.8 Å². The summed E-state index contributed by atoms with van der Waals surface area (Å²) in [5, 5.41) is 11.4. The molecule has 2 aliphatic rings. The highest BCUT2D eigenvalue weighted by atomic mass is 16.5. The van der Waals surface area contributed by atoms with Crippen LogP contribution in [0.3, 0.4) is 0 Å². The third kappa shape index (κ3) is 2.13. The number of fused-ring (bicyclic) bond motifs is 1. The van der Waals surface area contributed by atoms with Gasteiger partial charge >= 0.3 is 6.03 Å². The number of amides is 3. The number of benzene rings is 1. The number of urea groups is 1. The van der Waals surface area contributed by atoms with Gasteiger partial charge in [-0.25, -0.2) is 9.69 Å². The van der Waals surface area contributed by atoms with E-state index in [0.717, 1.165) is 11.3 Å². The van der Waals surface area contributed by atoms with Gasteiger partial charge in [-0.2, -0.15) is 5.26 Å². The van der Waals surface area contributed by atoms with E-state index < -0.39 is 17.5 Å². The van der Waals surface area contributed by atoms with Crippen molar-refractivity contribution >= 4 is 11.9 Å². The van der Waals surface area contributed by atoms with Gasteiger partial charge in [0.25, 0.3) is 5.91 Å². The summed E-state index contributed by atoms with van der Waals surface area (Å²) in [6.45, 7) is 2.46. The summed E-state index contributed by atoms with van der Waals surface area (Å²) < 4.78 is 11.2. The Morgan fingerprint density at radius 3 is 2.77 bits per heavy atom. The fourth-order valence-electron chi connectivity index (χ4n) is 2.58. The van der Waals surface area contributed by atoms with E-state index in [1.54, 1.807) is 25.1 Å². The van der Waals surface area contributed by atoms with Crippen LogP contribution in [0.2, 0.25) is 0 Å². The molecule has 0 aromatic heterocycles. The number of hydrogen-bond acceptors (Lipinski definition) is 5. The van der Waals surface area contributed by atoms with Crippen LogP contribution in [0.4, 0.5) is 4.79 Å². The lowest BCUT2D eigenvalue weighted by atomic mass is 9.91. The van der Waals surface area contributed by atoms with E-state index in [1.165, 1.54) is 0 Å². The van der Waals surface area contributed by atoms with Gasteiger partial charge in [-0.1, -0.05) is 6.07 Å². The molecule has 0 radical (unpaired) electrons. The Balaban J connectivity index is 1.97. The first-order valence-corrected chi connectivity index (χ1v) is 6.97. The number of nitrogens with one attached hydrogen (secondary N) is 1. The smallest absolute Gasteiger partial charge is 0.326 e. The molecule has 0 bridgehead atoms. The average molecular weight is 301 g/mol. The minimum absolute atomic E-state index is 0.273. The summed E-state index contributed by atoms with van der Waals surface area (Å²) in [4.78, 5) is 25.3.